The lowest BCUT2D eigenvalue weighted by Crippen LogP contribution is -2.50. The van der Waals surface area contributed by atoms with E-state index in [2.05, 4.69) is 10.0 Å². The van der Waals surface area contributed by atoms with Gasteiger partial charge in [0.25, 0.3) is 11.8 Å². The van der Waals surface area contributed by atoms with E-state index >= 15 is 0 Å². The fraction of sp³-hybridized carbons (Fsp3) is 0.231. The molecule has 36 heavy (non-hydrogen) atoms. The summed E-state index contributed by atoms with van der Waals surface area (Å²) in [5, 5.41) is 2.85. The molecular formula is C26H27N3O6S. The molecule has 188 valence electrons. The maximum absolute atomic E-state index is 13.6. The number of benzene rings is 3. The molecule has 1 aliphatic heterocycles. The van der Waals surface area contributed by atoms with E-state index in [9.17, 15) is 18.0 Å². The third kappa shape index (κ3) is 5.34. The molecule has 0 unspecified atom stereocenters. The van der Waals surface area contributed by atoms with Gasteiger partial charge in [0.15, 0.2) is 6.10 Å². The van der Waals surface area contributed by atoms with E-state index in [-0.39, 0.29) is 35.2 Å². The van der Waals surface area contributed by atoms with Crippen LogP contribution in [-0.2, 0) is 21.4 Å². The van der Waals surface area contributed by atoms with Crippen molar-refractivity contribution in [1.82, 2.24) is 10.0 Å². The van der Waals surface area contributed by atoms with Crippen molar-refractivity contribution >= 4 is 27.5 Å². The number of carbonyl (C=O) groups excluding carboxylic acids is 2. The van der Waals surface area contributed by atoms with Gasteiger partial charge in [0.2, 0.25) is 10.0 Å². The molecule has 2 N–H and O–H groups in total. The van der Waals surface area contributed by atoms with Gasteiger partial charge in [0, 0.05) is 18.7 Å². The summed E-state index contributed by atoms with van der Waals surface area (Å²) in [5.41, 5.74) is 1.55. The molecule has 3 aromatic carbocycles. The summed E-state index contributed by atoms with van der Waals surface area (Å²) in [6.45, 7) is 2.12. The van der Waals surface area contributed by atoms with Crippen LogP contribution in [0.3, 0.4) is 0 Å². The lowest BCUT2D eigenvalue weighted by atomic mass is 10.1. The summed E-state index contributed by atoms with van der Waals surface area (Å²) in [5.74, 6) is -0.336. The Balaban J connectivity index is 1.62. The van der Waals surface area contributed by atoms with Crippen LogP contribution in [0, 0.1) is 0 Å². The predicted molar refractivity (Wildman–Crippen MR) is 135 cm³/mol. The van der Waals surface area contributed by atoms with Crippen LogP contribution in [-0.4, -0.2) is 46.5 Å². The Labute approximate surface area is 210 Å². The Morgan fingerprint density at radius 1 is 1.06 bits per heavy atom. The number of ether oxygens (including phenoxy) is 2. The number of para-hydroxylation sites is 2. The molecule has 10 heteroatoms. The lowest BCUT2D eigenvalue weighted by Gasteiger charge is -2.34. The number of sulfonamides is 1. The minimum atomic E-state index is -3.89. The predicted octanol–water partition coefficient (Wildman–Crippen LogP) is 2.72. The van der Waals surface area contributed by atoms with Gasteiger partial charge < -0.3 is 19.7 Å². The monoisotopic (exact) mass is 509 g/mol. The highest BCUT2D eigenvalue weighted by molar-refractivity contribution is 7.89. The maximum Gasteiger partial charge on any atom is 0.263 e. The van der Waals surface area contributed by atoms with Crippen molar-refractivity contribution in [1.29, 1.82) is 0 Å². The standard InChI is InChI=1S/C26H27N3O6S/c1-3-28-36(32,33)24-15-19(13-14-22(24)34-2)26(31)29-17-23(35-21-12-8-7-11-20(21)29)25(30)27-16-18-9-5-4-6-10-18/h4-15,23,28H,3,16-17H2,1-2H3,(H,27,30)/t23-/m0/s1. The van der Waals surface area contributed by atoms with E-state index in [0.717, 1.165) is 5.56 Å². The molecular weight excluding hydrogens is 482 g/mol. The smallest absolute Gasteiger partial charge is 0.263 e. The van der Waals surface area contributed by atoms with Crippen LogP contribution in [0.15, 0.2) is 77.7 Å². The Kier molecular flexibility index (Phi) is 7.56. The fourth-order valence-electron chi connectivity index (χ4n) is 3.91. The second-order valence-electron chi connectivity index (χ2n) is 8.06. The molecule has 0 bridgehead atoms. The van der Waals surface area contributed by atoms with Crippen LogP contribution in [0.4, 0.5) is 5.69 Å². The molecule has 0 radical (unpaired) electrons. The summed E-state index contributed by atoms with van der Waals surface area (Å²) in [6, 6.07) is 20.6. The van der Waals surface area contributed by atoms with E-state index in [0.29, 0.717) is 18.0 Å². The number of carbonyl (C=O) groups is 2. The Morgan fingerprint density at radius 2 is 1.78 bits per heavy atom. The van der Waals surface area contributed by atoms with Gasteiger partial charge in [-0.1, -0.05) is 49.4 Å². The Bertz CT molecular complexity index is 1360. The van der Waals surface area contributed by atoms with Crippen molar-refractivity contribution < 1.29 is 27.5 Å². The fourth-order valence-corrected chi connectivity index (χ4v) is 5.14. The summed E-state index contributed by atoms with van der Waals surface area (Å²) in [6.07, 6.45) is -0.948. The Morgan fingerprint density at radius 3 is 2.50 bits per heavy atom. The molecule has 3 aromatic rings. The zero-order chi connectivity index (χ0) is 25.7. The first-order valence-electron chi connectivity index (χ1n) is 11.4. The van der Waals surface area contributed by atoms with Crippen LogP contribution in [0.2, 0.25) is 0 Å². The normalized spacial score (nSPS) is 14.9. The van der Waals surface area contributed by atoms with E-state index in [1.807, 2.05) is 30.3 Å². The van der Waals surface area contributed by atoms with Gasteiger partial charge in [-0.3, -0.25) is 9.59 Å². The summed E-state index contributed by atoms with van der Waals surface area (Å²) in [4.78, 5) is 27.9. The molecule has 0 aliphatic carbocycles. The van der Waals surface area contributed by atoms with Crippen LogP contribution < -0.4 is 24.4 Å². The molecule has 1 heterocycles. The van der Waals surface area contributed by atoms with E-state index in [1.165, 1.54) is 30.2 Å². The van der Waals surface area contributed by atoms with Gasteiger partial charge >= 0.3 is 0 Å². The molecule has 1 aliphatic rings. The average molecular weight is 510 g/mol. The first-order chi connectivity index (χ1) is 17.3. The number of fused-ring (bicyclic) bond motifs is 1. The summed E-state index contributed by atoms with van der Waals surface area (Å²) in [7, 11) is -2.53. The van der Waals surface area contributed by atoms with Gasteiger partial charge in [-0.2, -0.15) is 0 Å². The van der Waals surface area contributed by atoms with Crippen molar-refractivity contribution in [3.63, 3.8) is 0 Å². The van der Waals surface area contributed by atoms with Crippen molar-refractivity contribution in [2.45, 2.75) is 24.5 Å². The molecule has 0 saturated heterocycles. The van der Waals surface area contributed by atoms with Crippen molar-refractivity contribution in [2.24, 2.45) is 0 Å². The molecule has 0 fully saturated rings. The number of hydrogen-bond acceptors (Lipinski definition) is 6. The highest BCUT2D eigenvalue weighted by Crippen LogP contribution is 2.35. The number of amides is 2. The number of nitrogens with one attached hydrogen (secondary N) is 2. The maximum atomic E-state index is 13.6. The molecule has 9 nitrogen and oxygen atoms in total. The summed E-state index contributed by atoms with van der Waals surface area (Å²) >= 11 is 0. The second-order valence-corrected chi connectivity index (χ2v) is 9.80. The number of anilines is 1. The van der Waals surface area contributed by atoms with Crippen LogP contribution in [0.1, 0.15) is 22.8 Å². The summed E-state index contributed by atoms with van der Waals surface area (Å²) < 4.78 is 38.9. The van der Waals surface area contributed by atoms with Crippen molar-refractivity contribution in [3.8, 4) is 11.5 Å². The molecule has 0 aromatic heterocycles. The third-order valence-electron chi connectivity index (χ3n) is 5.66. The minimum absolute atomic E-state index is 0.0439. The molecule has 1 atom stereocenters. The minimum Gasteiger partial charge on any atom is -0.495 e. The van der Waals surface area contributed by atoms with Gasteiger partial charge in [-0.15, -0.1) is 0 Å². The van der Waals surface area contributed by atoms with Gasteiger partial charge in [0.05, 0.1) is 19.3 Å². The van der Waals surface area contributed by atoms with Crippen molar-refractivity contribution in [3.05, 3.63) is 83.9 Å². The molecule has 2 amide bonds. The first-order valence-corrected chi connectivity index (χ1v) is 12.9. The zero-order valence-electron chi connectivity index (χ0n) is 19.9. The number of hydrogen-bond donors (Lipinski definition) is 2. The molecule has 4 rings (SSSR count). The zero-order valence-corrected chi connectivity index (χ0v) is 20.7. The van der Waals surface area contributed by atoms with Crippen LogP contribution in [0.5, 0.6) is 11.5 Å². The largest absolute Gasteiger partial charge is 0.495 e. The molecule has 0 spiro atoms. The van der Waals surface area contributed by atoms with E-state index in [1.54, 1.807) is 31.2 Å². The molecule has 0 saturated carbocycles. The quantitative estimate of drug-likeness (QED) is 0.483. The third-order valence-corrected chi connectivity index (χ3v) is 7.22. The first kappa shape index (κ1) is 25.2. The number of rotatable bonds is 8. The highest BCUT2D eigenvalue weighted by atomic mass is 32.2. The van der Waals surface area contributed by atoms with Gasteiger partial charge in [0.1, 0.15) is 16.4 Å². The number of methoxy groups -OCH3 is 1. The van der Waals surface area contributed by atoms with Gasteiger partial charge in [-0.25, -0.2) is 13.1 Å². The van der Waals surface area contributed by atoms with Crippen LogP contribution in [0.25, 0.3) is 0 Å². The SMILES string of the molecule is CCNS(=O)(=O)c1cc(C(=O)N2C[C@@H](C(=O)NCc3ccccc3)Oc3ccccc32)ccc1OC. The van der Waals surface area contributed by atoms with Crippen LogP contribution >= 0.6 is 0 Å². The highest BCUT2D eigenvalue weighted by Gasteiger charge is 2.34. The number of nitrogens with zero attached hydrogens (tertiary/aromatic N) is 1. The topological polar surface area (TPSA) is 114 Å². The average Bonchev–Trinajstić information content (AvgIpc) is 2.90. The lowest BCUT2D eigenvalue weighted by molar-refractivity contribution is -0.128. The van der Waals surface area contributed by atoms with E-state index in [4.69, 9.17) is 9.47 Å². The second kappa shape index (κ2) is 10.8. The Hall–Kier alpha value is -3.89. The van der Waals surface area contributed by atoms with E-state index < -0.39 is 22.0 Å². The van der Waals surface area contributed by atoms with Gasteiger partial charge in [-0.05, 0) is 35.9 Å². The van der Waals surface area contributed by atoms with Crippen molar-refractivity contribution in [2.75, 3.05) is 25.1 Å².